The Bertz CT molecular complexity index is 510. The van der Waals surface area contributed by atoms with Crippen molar-refractivity contribution < 1.29 is 4.74 Å². The van der Waals surface area contributed by atoms with Crippen molar-refractivity contribution in [2.24, 2.45) is 5.92 Å². The van der Waals surface area contributed by atoms with E-state index in [1.54, 1.807) is 18.5 Å². The molecule has 0 aliphatic carbocycles. The molecule has 7 heteroatoms. The molecule has 0 aliphatic rings. The highest BCUT2D eigenvalue weighted by atomic mass is 16.5. The molecule has 2 aromatic heterocycles. The number of nitrogens with zero attached hydrogens (tertiary/aromatic N) is 5. The maximum absolute atomic E-state index is 5.63. The first kappa shape index (κ1) is 12.3. The number of nitrogen functional groups attached to an aromatic ring is 1. The molecule has 0 amide bonds. The Balaban J connectivity index is 2.27. The molecule has 2 aromatic rings. The fourth-order valence-corrected chi connectivity index (χ4v) is 1.21. The maximum Gasteiger partial charge on any atom is 0.323 e. The van der Waals surface area contributed by atoms with Crippen molar-refractivity contribution in [2.45, 2.75) is 26.9 Å². The molecule has 0 aromatic carbocycles. The van der Waals surface area contributed by atoms with Crippen LogP contribution in [0.4, 0.5) is 5.95 Å². The minimum Gasteiger partial charge on any atom is -0.460 e. The Morgan fingerprint density at radius 3 is 2.61 bits per heavy atom. The monoisotopic (exact) mass is 248 g/mol. The Kier molecular flexibility index (Phi) is 3.40. The molecule has 0 aliphatic heterocycles. The summed E-state index contributed by atoms with van der Waals surface area (Å²) in [4.78, 5) is 12.1. The van der Waals surface area contributed by atoms with E-state index >= 15 is 0 Å². The van der Waals surface area contributed by atoms with Gasteiger partial charge in [0.2, 0.25) is 5.95 Å². The van der Waals surface area contributed by atoms with Crippen LogP contribution in [-0.4, -0.2) is 30.8 Å². The number of nitrogens with two attached hydrogens (primary N) is 1. The summed E-state index contributed by atoms with van der Waals surface area (Å²) in [6, 6.07) is 1.99. The first-order valence-corrected chi connectivity index (χ1v) is 5.74. The van der Waals surface area contributed by atoms with Gasteiger partial charge >= 0.3 is 6.01 Å². The van der Waals surface area contributed by atoms with E-state index in [1.165, 1.54) is 4.68 Å². The van der Waals surface area contributed by atoms with Gasteiger partial charge in [-0.05, 0) is 18.9 Å². The van der Waals surface area contributed by atoms with Gasteiger partial charge in [0.1, 0.15) is 6.10 Å². The number of hydrogen-bond donors (Lipinski definition) is 1. The molecule has 2 heterocycles. The van der Waals surface area contributed by atoms with Crippen molar-refractivity contribution in [1.29, 1.82) is 0 Å². The molecule has 0 saturated carbocycles. The Labute approximate surface area is 105 Å². The van der Waals surface area contributed by atoms with E-state index < -0.39 is 0 Å². The van der Waals surface area contributed by atoms with Crippen molar-refractivity contribution in [3.8, 4) is 12.0 Å². The average Bonchev–Trinajstić information content (AvgIpc) is 2.81. The van der Waals surface area contributed by atoms with Crippen molar-refractivity contribution >= 4 is 5.95 Å². The second-order valence-electron chi connectivity index (χ2n) is 4.29. The molecule has 0 saturated heterocycles. The molecule has 96 valence electrons. The first-order valence-electron chi connectivity index (χ1n) is 5.74. The third kappa shape index (κ3) is 2.73. The van der Waals surface area contributed by atoms with Gasteiger partial charge in [-0.1, -0.05) is 13.8 Å². The second kappa shape index (κ2) is 4.99. The topological polar surface area (TPSA) is 91.7 Å². The summed E-state index contributed by atoms with van der Waals surface area (Å²) in [6.07, 6.45) is 3.36. The van der Waals surface area contributed by atoms with Gasteiger partial charge in [0.25, 0.3) is 5.95 Å². The van der Waals surface area contributed by atoms with Crippen LogP contribution in [0, 0.1) is 5.92 Å². The van der Waals surface area contributed by atoms with Crippen molar-refractivity contribution in [1.82, 2.24) is 24.7 Å². The molecular formula is C11H16N6O. The minimum absolute atomic E-state index is 0.00253. The van der Waals surface area contributed by atoms with Crippen LogP contribution in [0.15, 0.2) is 18.5 Å². The predicted octanol–water partition coefficient (Wildman–Crippen LogP) is 1.06. The number of hydrogen-bond acceptors (Lipinski definition) is 6. The first-order chi connectivity index (χ1) is 8.56. The van der Waals surface area contributed by atoms with E-state index in [0.29, 0.717) is 11.9 Å². The van der Waals surface area contributed by atoms with Crippen molar-refractivity contribution in [2.75, 3.05) is 5.73 Å². The lowest BCUT2D eigenvalue weighted by atomic mass is 10.1. The lowest BCUT2D eigenvalue weighted by Crippen LogP contribution is -2.21. The van der Waals surface area contributed by atoms with Crippen molar-refractivity contribution in [3.05, 3.63) is 18.5 Å². The zero-order valence-electron chi connectivity index (χ0n) is 10.6. The van der Waals surface area contributed by atoms with Gasteiger partial charge in [0.05, 0.1) is 0 Å². The molecule has 2 rings (SSSR count). The number of ether oxygens (including phenoxy) is 1. The summed E-state index contributed by atoms with van der Waals surface area (Å²) in [5.41, 5.74) is 5.63. The van der Waals surface area contributed by atoms with Crippen LogP contribution < -0.4 is 10.5 Å². The molecule has 1 atom stereocenters. The van der Waals surface area contributed by atoms with Crippen LogP contribution in [-0.2, 0) is 0 Å². The molecule has 0 spiro atoms. The maximum atomic E-state index is 5.63. The minimum atomic E-state index is -0.00253. The normalized spacial score (nSPS) is 12.7. The highest BCUT2D eigenvalue weighted by Crippen LogP contribution is 2.13. The highest BCUT2D eigenvalue weighted by molar-refractivity contribution is 5.24. The van der Waals surface area contributed by atoms with E-state index in [2.05, 4.69) is 33.9 Å². The Morgan fingerprint density at radius 1 is 1.22 bits per heavy atom. The second-order valence-corrected chi connectivity index (χ2v) is 4.29. The largest absolute Gasteiger partial charge is 0.460 e. The highest BCUT2D eigenvalue weighted by Gasteiger charge is 2.13. The summed E-state index contributed by atoms with van der Waals surface area (Å²) >= 11 is 0. The van der Waals surface area contributed by atoms with E-state index in [-0.39, 0.29) is 18.1 Å². The standard InChI is InChI=1S/C11H16N6O/c1-7(2)8(3)18-11-15-9(12)14-10(16-11)17-6-4-5-13-17/h4-8H,1-3H3,(H2,12,14,15,16). The summed E-state index contributed by atoms with van der Waals surface area (Å²) < 4.78 is 7.12. The molecule has 0 radical (unpaired) electrons. The summed E-state index contributed by atoms with van der Waals surface area (Å²) in [5, 5.41) is 4.04. The zero-order valence-corrected chi connectivity index (χ0v) is 10.6. The third-order valence-corrected chi connectivity index (χ3v) is 2.56. The average molecular weight is 248 g/mol. The molecule has 2 N–H and O–H groups in total. The van der Waals surface area contributed by atoms with Gasteiger partial charge < -0.3 is 10.5 Å². The quantitative estimate of drug-likeness (QED) is 0.869. The fourth-order valence-electron chi connectivity index (χ4n) is 1.21. The van der Waals surface area contributed by atoms with Gasteiger partial charge in [-0.3, -0.25) is 0 Å². The van der Waals surface area contributed by atoms with Crippen LogP contribution in [0.2, 0.25) is 0 Å². The predicted molar refractivity (Wildman–Crippen MR) is 66.3 cm³/mol. The molecule has 18 heavy (non-hydrogen) atoms. The molecule has 0 bridgehead atoms. The van der Waals surface area contributed by atoms with E-state index in [4.69, 9.17) is 10.5 Å². The van der Waals surface area contributed by atoms with Crippen LogP contribution in [0.3, 0.4) is 0 Å². The molecular weight excluding hydrogens is 232 g/mol. The summed E-state index contributed by atoms with van der Waals surface area (Å²) in [5.74, 6) is 0.816. The van der Waals surface area contributed by atoms with Crippen molar-refractivity contribution in [3.63, 3.8) is 0 Å². The molecule has 7 nitrogen and oxygen atoms in total. The number of anilines is 1. The lowest BCUT2D eigenvalue weighted by molar-refractivity contribution is 0.155. The van der Waals surface area contributed by atoms with Gasteiger partial charge in [-0.2, -0.15) is 20.1 Å². The smallest absolute Gasteiger partial charge is 0.323 e. The Hall–Kier alpha value is -2.18. The van der Waals surface area contributed by atoms with Crippen LogP contribution >= 0.6 is 0 Å². The van der Waals surface area contributed by atoms with Crippen LogP contribution in [0.5, 0.6) is 6.01 Å². The fraction of sp³-hybridized carbons (Fsp3) is 0.455. The summed E-state index contributed by atoms with van der Waals surface area (Å²) in [6.45, 7) is 6.07. The molecule has 0 fully saturated rings. The zero-order chi connectivity index (χ0) is 13.1. The van der Waals surface area contributed by atoms with Gasteiger partial charge in [0, 0.05) is 12.4 Å². The number of rotatable bonds is 4. The third-order valence-electron chi connectivity index (χ3n) is 2.56. The SMILES string of the molecule is CC(C)C(C)Oc1nc(N)nc(-n2cccn2)n1. The van der Waals surface area contributed by atoms with Crippen LogP contribution in [0.1, 0.15) is 20.8 Å². The Morgan fingerprint density at radius 2 is 2.00 bits per heavy atom. The number of aromatic nitrogens is 5. The van der Waals surface area contributed by atoms with Gasteiger partial charge in [-0.15, -0.1) is 0 Å². The van der Waals surface area contributed by atoms with Crippen LogP contribution in [0.25, 0.3) is 5.95 Å². The summed E-state index contributed by atoms with van der Waals surface area (Å²) in [7, 11) is 0. The van der Waals surface area contributed by atoms with Gasteiger partial charge in [0.15, 0.2) is 0 Å². The van der Waals surface area contributed by atoms with E-state index in [9.17, 15) is 0 Å². The lowest BCUT2D eigenvalue weighted by Gasteiger charge is -2.16. The van der Waals surface area contributed by atoms with Gasteiger partial charge in [-0.25, -0.2) is 4.68 Å². The molecule has 1 unspecified atom stereocenters. The van der Waals surface area contributed by atoms with E-state index in [0.717, 1.165) is 0 Å². The van der Waals surface area contributed by atoms with E-state index in [1.807, 2.05) is 6.92 Å².